The smallest absolute Gasteiger partial charge is 0.306 e. The van der Waals surface area contributed by atoms with Crippen LogP contribution in [-0.4, -0.2) is 28.0 Å². The molecule has 144 valence electrons. The van der Waals surface area contributed by atoms with Crippen molar-refractivity contribution in [2.24, 2.45) is 7.05 Å². The first kappa shape index (κ1) is 19.6. The van der Waals surface area contributed by atoms with E-state index in [1.165, 1.54) is 4.57 Å². The van der Waals surface area contributed by atoms with E-state index in [4.69, 9.17) is 16.3 Å². The minimum absolute atomic E-state index is 0.00304. The number of halogens is 1. The first-order valence-electron chi connectivity index (χ1n) is 8.60. The topological polar surface area (TPSA) is 90.3 Å². The lowest BCUT2D eigenvalue weighted by molar-refractivity contribution is -0.147. The van der Waals surface area contributed by atoms with E-state index in [0.717, 1.165) is 0 Å². The van der Waals surface area contributed by atoms with Gasteiger partial charge in [0.25, 0.3) is 11.5 Å². The van der Waals surface area contributed by atoms with Crippen LogP contribution in [0.25, 0.3) is 10.9 Å². The molecule has 3 aromatic rings. The van der Waals surface area contributed by atoms with Gasteiger partial charge in [-0.3, -0.25) is 19.0 Å². The summed E-state index contributed by atoms with van der Waals surface area (Å²) in [7, 11) is 1.61. The number of hydrogen-bond donors (Lipinski definition) is 1. The summed E-state index contributed by atoms with van der Waals surface area (Å²) in [5.41, 5.74) is 0.925. The largest absolute Gasteiger partial charge is 0.456 e. The quantitative estimate of drug-likeness (QED) is 0.643. The number of nitrogens with zero attached hydrogens (tertiary/aromatic N) is 2. The first-order chi connectivity index (χ1) is 13.4. The molecule has 1 aromatic heterocycles. The molecule has 0 atom stereocenters. The number of hydrogen-bond acceptors (Lipinski definition) is 5. The normalized spacial score (nSPS) is 10.6. The third-order valence-electron chi connectivity index (χ3n) is 4.10. The highest BCUT2D eigenvalue weighted by molar-refractivity contribution is 6.30. The van der Waals surface area contributed by atoms with Crippen LogP contribution in [0.5, 0.6) is 0 Å². The Morgan fingerprint density at radius 1 is 1.18 bits per heavy atom. The molecule has 0 aliphatic carbocycles. The number of amides is 1. The van der Waals surface area contributed by atoms with Gasteiger partial charge in [0, 0.05) is 24.2 Å². The van der Waals surface area contributed by atoms with Crippen molar-refractivity contribution in [1.29, 1.82) is 0 Å². The maximum atomic E-state index is 12.4. The van der Waals surface area contributed by atoms with Crippen molar-refractivity contribution in [2.45, 2.75) is 12.8 Å². The van der Waals surface area contributed by atoms with E-state index in [0.29, 0.717) is 27.4 Å². The maximum Gasteiger partial charge on any atom is 0.306 e. The van der Waals surface area contributed by atoms with Gasteiger partial charge in [0.15, 0.2) is 6.61 Å². The summed E-state index contributed by atoms with van der Waals surface area (Å²) in [6.45, 7) is -0.407. The highest BCUT2D eigenvalue weighted by Gasteiger charge is 2.12. The van der Waals surface area contributed by atoms with Crippen molar-refractivity contribution in [3.05, 3.63) is 69.7 Å². The molecule has 2 aromatic carbocycles. The molecule has 0 saturated carbocycles. The molecular formula is C20H18ClN3O4. The van der Waals surface area contributed by atoms with Crippen molar-refractivity contribution in [3.8, 4) is 0 Å². The number of carbonyl (C=O) groups excluding carboxylic acids is 2. The fourth-order valence-electron chi connectivity index (χ4n) is 2.68. The molecule has 0 aliphatic rings. The first-order valence-corrected chi connectivity index (χ1v) is 8.97. The van der Waals surface area contributed by atoms with Crippen LogP contribution >= 0.6 is 11.6 Å². The number of aromatic nitrogens is 2. The van der Waals surface area contributed by atoms with Gasteiger partial charge >= 0.3 is 5.97 Å². The predicted octanol–water partition coefficient (Wildman–Crippen LogP) is 2.70. The highest BCUT2D eigenvalue weighted by Crippen LogP contribution is 2.14. The zero-order chi connectivity index (χ0) is 20.1. The summed E-state index contributed by atoms with van der Waals surface area (Å²) in [6.07, 6.45) is 0.231. The number of rotatable bonds is 6. The van der Waals surface area contributed by atoms with Crippen LogP contribution < -0.4 is 10.9 Å². The minimum Gasteiger partial charge on any atom is -0.456 e. The second kappa shape index (κ2) is 8.67. The van der Waals surface area contributed by atoms with Crippen molar-refractivity contribution in [2.75, 3.05) is 11.9 Å². The van der Waals surface area contributed by atoms with E-state index in [1.807, 2.05) is 0 Å². The Morgan fingerprint density at radius 2 is 1.96 bits per heavy atom. The molecule has 0 fully saturated rings. The number of nitrogens with one attached hydrogen (secondary N) is 1. The number of benzene rings is 2. The molecule has 3 rings (SSSR count). The molecule has 1 amide bonds. The zero-order valence-electron chi connectivity index (χ0n) is 15.1. The van der Waals surface area contributed by atoms with Gasteiger partial charge in [-0.2, -0.15) is 0 Å². The fourth-order valence-corrected chi connectivity index (χ4v) is 2.87. The van der Waals surface area contributed by atoms with Gasteiger partial charge in [0.1, 0.15) is 5.82 Å². The van der Waals surface area contributed by atoms with Crippen molar-refractivity contribution in [3.63, 3.8) is 0 Å². The number of fused-ring (bicyclic) bond motifs is 1. The van der Waals surface area contributed by atoms with Crippen molar-refractivity contribution >= 4 is 40.1 Å². The molecule has 0 unspecified atom stereocenters. The van der Waals surface area contributed by atoms with Crippen LogP contribution in [0.2, 0.25) is 5.02 Å². The number of anilines is 1. The van der Waals surface area contributed by atoms with Gasteiger partial charge in [-0.15, -0.1) is 0 Å². The maximum absolute atomic E-state index is 12.4. The monoisotopic (exact) mass is 399 g/mol. The van der Waals surface area contributed by atoms with E-state index in [2.05, 4.69) is 10.3 Å². The lowest BCUT2D eigenvalue weighted by Crippen LogP contribution is -2.24. The number of para-hydroxylation sites is 1. The van der Waals surface area contributed by atoms with Crippen LogP contribution in [0.4, 0.5) is 5.69 Å². The van der Waals surface area contributed by atoms with Crippen LogP contribution in [0.1, 0.15) is 12.2 Å². The SMILES string of the molecule is Cn1c(CCC(=O)OCC(=O)Nc2cccc(Cl)c2)nc2ccccc2c1=O. The molecule has 0 bridgehead atoms. The van der Waals surface area contributed by atoms with Crippen LogP contribution in [-0.2, 0) is 27.8 Å². The molecular weight excluding hydrogens is 382 g/mol. The van der Waals surface area contributed by atoms with Crippen LogP contribution in [0.15, 0.2) is 53.3 Å². The summed E-state index contributed by atoms with van der Waals surface area (Å²) in [4.78, 5) is 40.6. The third-order valence-corrected chi connectivity index (χ3v) is 4.34. The lowest BCUT2D eigenvalue weighted by Gasteiger charge is -2.09. The standard InChI is InChI=1S/C20H18ClN3O4/c1-24-17(23-16-8-3-2-7-15(16)20(24)27)9-10-19(26)28-12-18(25)22-14-6-4-5-13(21)11-14/h2-8,11H,9-10,12H2,1H3,(H,22,25). The molecule has 1 N–H and O–H groups in total. The molecule has 8 heteroatoms. The summed E-state index contributed by atoms with van der Waals surface area (Å²) in [5.74, 6) is -0.542. The summed E-state index contributed by atoms with van der Waals surface area (Å²) in [6, 6.07) is 13.7. The third kappa shape index (κ3) is 4.75. The number of carbonyl (C=O) groups is 2. The molecule has 1 heterocycles. The molecule has 28 heavy (non-hydrogen) atoms. The Hall–Kier alpha value is -3.19. The van der Waals surface area contributed by atoms with Gasteiger partial charge in [0.05, 0.1) is 17.3 Å². The van der Waals surface area contributed by atoms with Gasteiger partial charge in [0.2, 0.25) is 0 Å². The summed E-state index contributed by atoms with van der Waals surface area (Å²) >= 11 is 5.85. The average molecular weight is 400 g/mol. The van der Waals surface area contributed by atoms with E-state index in [9.17, 15) is 14.4 Å². The molecule has 0 radical (unpaired) electrons. The molecule has 7 nitrogen and oxygen atoms in total. The van der Waals surface area contributed by atoms with Crippen LogP contribution in [0, 0.1) is 0 Å². The second-order valence-corrected chi connectivity index (χ2v) is 6.56. The Balaban J connectivity index is 1.54. The van der Waals surface area contributed by atoms with Crippen molar-refractivity contribution in [1.82, 2.24) is 9.55 Å². The Labute approximate surface area is 165 Å². The zero-order valence-corrected chi connectivity index (χ0v) is 15.9. The van der Waals surface area contributed by atoms with Gasteiger partial charge in [-0.1, -0.05) is 29.8 Å². The average Bonchev–Trinajstić information content (AvgIpc) is 2.68. The number of ether oxygens (including phenoxy) is 1. The van der Waals surface area contributed by atoms with E-state index in [1.54, 1.807) is 55.6 Å². The number of esters is 1. The predicted molar refractivity (Wildman–Crippen MR) is 106 cm³/mol. The van der Waals surface area contributed by atoms with Gasteiger partial charge in [-0.05, 0) is 30.3 Å². The minimum atomic E-state index is -0.552. The summed E-state index contributed by atoms with van der Waals surface area (Å²) in [5, 5.41) is 3.60. The molecule has 0 saturated heterocycles. The van der Waals surface area contributed by atoms with E-state index >= 15 is 0 Å². The van der Waals surface area contributed by atoms with E-state index in [-0.39, 0.29) is 18.4 Å². The van der Waals surface area contributed by atoms with Gasteiger partial charge in [-0.25, -0.2) is 4.98 Å². The van der Waals surface area contributed by atoms with E-state index < -0.39 is 18.5 Å². The fraction of sp³-hybridized carbons (Fsp3) is 0.200. The van der Waals surface area contributed by atoms with Crippen molar-refractivity contribution < 1.29 is 14.3 Å². The van der Waals surface area contributed by atoms with Crippen LogP contribution in [0.3, 0.4) is 0 Å². The molecule has 0 aliphatic heterocycles. The lowest BCUT2D eigenvalue weighted by atomic mass is 10.2. The Morgan fingerprint density at radius 3 is 2.75 bits per heavy atom. The molecule has 0 spiro atoms. The Kier molecular flexibility index (Phi) is 6.06. The van der Waals surface area contributed by atoms with Gasteiger partial charge < -0.3 is 10.1 Å². The highest BCUT2D eigenvalue weighted by atomic mass is 35.5. The number of aryl methyl sites for hydroxylation is 1. The Bertz CT molecular complexity index is 1090. The second-order valence-electron chi connectivity index (χ2n) is 6.13. The summed E-state index contributed by atoms with van der Waals surface area (Å²) < 4.78 is 6.40.